The monoisotopic (exact) mass is 477 g/mol. The highest BCUT2D eigenvalue weighted by Gasteiger charge is 2.30. The van der Waals surface area contributed by atoms with Crippen LogP contribution in [0.3, 0.4) is 0 Å². The summed E-state index contributed by atoms with van der Waals surface area (Å²) in [5.41, 5.74) is -0.206. The van der Waals surface area contributed by atoms with Crippen LogP contribution in [-0.4, -0.2) is 33.4 Å². The van der Waals surface area contributed by atoms with Crippen LogP contribution in [0.25, 0.3) is 10.9 Å². The Morgan fingerprint density at radius 2 is 1.97 bits per heavy atom. The van der Waals surface area contributed by atoms with Crippen molar-refractivity contribution in [2.75, 3.05) is 11.9 Å². The van der Waals surface area contributed by atoms with E-state index in [2.05, 4.69) is 10.3 Å². The number of anilines is 1. The summed E-state index contributed by atoms with van der Waals surface area (Å²) >= 11 is 1.12. The molecule has 0 bridgehead atoms. The smallest absolute Gasteiger partial charge is 0.376 e. The van der Waals surface area contributed by atoms with Crippen LogP contribution in [0.5, 0.6) is 0 Å². The van der Waals surface area contributed by atoms with Crippen LogP contribution in [0.2, 0.25) is 0 Å². The van der Waals surface area contributed by atoms with Crippen LogP contribution in [0.15, 0.2) is 58.5 Å². The Balaban J connectivity index is 1.55. The van der Waals surface area contributed by atoms with Crippen LogP contribution in [-0.2, 0) is 22.3 Å². The minimum Gasteiger partial charge on any atom is -0.376 e. The van der Waals surface area contributed by atoms with Crippen molar-refractivity contribution in [2.24, 2.45) is 0 Å². The molecule has 10 heteroatoms. The van der Waals surface area contributed by atoms with Crippen molar-refractivity contribution in [1.82, 2.24) is 9.55 Å². The molecule has 1 amide bonds. The highest BCUT2D eigenvalue weighted by molar-refractivity contribution is 8.00. The van der Waals surface area contributed by atoms with Crippen LogP contribution in [0.1, 0.15) is 25.3 Å². The molecule has 6 nitrogen and oxygen atoms in total. The number of rotatable bonds is 6. The van der Waals surface area contributed by atoms with Gasteiger partial charge in [-0.1, -0.05) is 23.9 Å². The zero-order valence-electron chi connectivity index (χ0n) is 17.8. The number of thioether (sulfide) groups is 1. The Morgan fingerprint density at radius 3 is 2.64 bits per heavy atom. The van der Waals surface area contributed by atoms with Crippen molar-refractivity contribution in [1.29, 1.82) is 0 Å². The van der Waals surface area contributed by atoms with Gasteiger partial charge in [0.15, 0.2) is 5.16 Å². The molecule has 2 atom stereocenters. The van der Waals surface area contributed by atoms with Gasteiger partial charge in [0, 0.05) is 12.3 Å². The van der Waals surface area contributed by atoms with E-state index < -0.39 is 22.9 Å². The maximum Gasteiger partial charge on any atom is 0.416 e. The summed E-state index contributed by atoms with van der Waals surface area (Å²) in [7, 11) is 0. The number of hydrogen-bond acceptors (Lipinski definition) is 5. The fraction of sp³-hybridized carbons (Fsp3) is 0.348. The average Bonchev–Trinajstić information content (AvgIpc) is 3.29. The Bertz CT molecular complexity index is 1210. The Morgan fingerprint density at radius 1 is 1.24 bits per heavy atom. The molecule has 2 unspecified atom stereocenters. The van der Waals surface area contributed by atoms with Gasteiger partial charge in [0.2, 0.25) is 5.91 Å². The first kappa shape index (κ1) is 23.3. The van der Waals surface area contributed by atoms with Crippen molar-refractivity contribution in [2.45, 2.75) is 49.0 Å². The molecule has 1 saturated heterocycles. The van der Waals surface area contributed by atoms with E-state index in [1.807, 2.05) is 0 Å². The molecule has 1 N–H and O–H groups in total. The molecule has 0 saturated carbocycles. The number of halogens is 3. The molecule has 3 aromatic rings. The first-order valence-electron chi connectivity index (χ1n) is 10.5. The maximum absolute atomic E-state index is 13.2. The van der Waals surface area contributed by atoms with Crippen LogP contribution < -0.4 is 10.9 Å². The van der Waals surface area contributed by atoms with Crippen molar-refractivity contribution in [3.8, 4) is 0 Å². The number of amides is 1. The summed E-state index contributed by atoms with van der Waals surface area (Å²) in [4.78, 5) is 30.5. The minimum atomic E-state index is -4.44. The Kier molecular flexibility index (Phi) is 6.76. The molecule has 4 rings (SSSR count). The van der Waals surface area contributed by atoms with E-state index in [9.17, 15) is 22.8 Å². The third-order valence-corrected chi connectivity index (χ3v) is 6.46. The van der Waals surface area contributed by atoms with Gasteiger partial charge in [0.05, 0.1) is 34.4 Å². The number of carbonyl (C=O) groups is 1. The summed E-state index contributed by atoms with van der Waals surface area (Å²) in [6, 6.07) is 11.3. The standard InChI is InChI=1S/C23H22F3N3O3S/c1-14(20(30)27-16-10-8-15(9-11-16)23(24,25)26)33-22-28-19-7-3-2-6-18(19)21(31)29(22)13-17-5-4-12-32-17/h2-3,6-11,14,17H,4-5,12-13H2,1H3,(H,27,30). The first-order chi connectivity index (χ1) is 15.7. The number of ether oxygens (including phenoxy) is 1. The van der Waals surface area contributed by atoms with Gasteiger partial charge in [-0.3, -0.25) is 14.2 Å². The third-order valence-electron chi connectivity index (χ3n) is 5.37. The summed E-state index contributed by atoms with van der Waals surface area (Å²) < 4.78 is 45.5. The van der Waals surface area contributed by atoms with E-state index in [4.69, 9.17) is 4.74 Å². The summed E-state index contributed by atoms with van der Waals surface area (Å²) in [6.45, 7) is 2.64. The van der Waals surface area contributed by atoms with E-state index in [0.717, 1.165) is 36.7 Å². The summed E-state index contributed by atoms with van der Waals surface area (Å²) in [6.07, 6.45) is -2.77. The lowest BCUT2D eigenvalue weighted by Crippen LogP contribution is -2.30. The zero-order valence-corrected chi connectivity index (χ0v) is 18.6. The largest absolute Gasteiger partial charge is 0.416 e. The number of nitrogens with one attached hydrogen (secondary N) is 1. The minimum absolute atomic E-state index is 0.0960. The second-order valence-corrected chi connectivity index (χ2v) is 9.09. The fourth-order valence-corrected chi connectivity index (χ4v) is 4.51. The molecule has 0 radical (unpaired) electrons. The van der Waals surface area contributed by atoms with Gasteiger partial charge in [-0.25, -0.2) is 4.98 Å². The Hall–Kier alpha value is -2.85. The molecule has 174 valence electrons. The lowest BCUT2D eigenvalue weighted by Gasteiger charge is -2.18. The molecule has 2 aromatic carbocycles. The molecular formula is C23H22F3N3O3S. The predicted octanol–water partition coefficient (Wildman–Crippen LogP) is 4.71. The summed E-state index contributed by atoms with van der Waals surface area (Å²) in [5.74, 6) is -0.411. The highest BCUT2D eigenvalue weighted by atomic mass is 32.2. The number of benzene rings is 2. The summed E-state index contributed by atoms with van der Waals surface area (Å²) in [5, 5.41) is 2.84. The van der Waals surface area contributed by atoms with E-state index in [1.165, 1.54) is 12.1 Å². The molecule has 1 aromatic heterocycles. The number of fused-ring (bicyclic) bond motifs is 1. The van der Waals surface area contributed by atoms with E-state index in [-0.39, 0.29) is 17.4 Å². The van der Waals surface area contributed by atoms with Crippen molar-refractivity contribution >= 4 is 34.3 Å². The zero-order chi connectivity index (χ0) is 23.6. The second kappa shape index (κ2) is 9.56. The van der Waals surface area contributed by atoms with E-state index in [1.54, 1.807) is 35.8 Å². The number of carbonyl (C=O) groups excluding carboxylic acids is 1. The van der Waals surface area contributed by atoms with Crippen LogP contribution in [0, 0.1) is 0 Å². The number of aromatic nitrogens is 2. The van der Waals surface area contributed by atoms with E-state index >= 15 is 0 Å². The molecule has 1 aliphatic rings. The second-order valence-electron chi connectivity index (χ2n) is 7.79. The molecule has 2 heterocycles. The number of hydrogen-bond donors (Lipinski definition) is 1. The molecule has 0 aliphatic carbocycles. The van der Waals surface area contributed by atoms with Gasteiger partial charge in [-0.15, -0.1) is 0 Å². The molecule has 1 aliphatic heterocycles. The van der Waals surface area contributed by atoms with Gasteiger partial charge >= 0.3 is 6.18 Å². The molecular weight excluding hydrogens is 455 g/mol. The normalized spacial score (nSPS) is 17.3. The number of alkyl halides is 3. The maximum atomic E-state index is 13.2. The first-order valence-corrected chi connectivity index (χ1v) is 11.4. The number of para-hydroxylation sites is 1. The number of nitrogens with zero attached hydrogens (tertiary/aromatic N) is 2. The van der Waals surface area contributed by atoms with Crippen LogP contribution in [0.4, 0.5) is 18.9 Å². The highest BCUT2D eigenvalue weighted by Crippen LogP contribution is 2.30. The van der Waals surface area contributed by atoms with Crippen molar-refractivity contribution < 1.29 is 22.7 Å². The molecule has 1 fully saturated rings. The van der Waals surface area contributed by atoms with Crippen molar-refractivity contribution in [3.05, 3.63) is 64.4 Å². The predicted molar refractivity (Wildman–Crippen MR) is 120 cm³/mol. The topological polar surface area (TPSA) is 73.2 Å². The van der Waals surface area contributed by atoms with Gasteiger partial charge < -0.3 is 10.1 Å². The van der Waals surface area contributed by atoms with Gasteiger partial charge in [0.25, 0.3) is 5.56 Å². The van der Waals surface area contributed by atoms with Gasteiger partial charge in [-0.2, -0.15) is 13.2 Å². The SMILES string of the molecule is CC(Sc1nc2ccccc2c(=O)n1CC1CCCO1)C(=O)Nc1ccc(C(F)(F)F)cc1. The van der Waals surface area contributed by atoms with Crippen molar-refractivity contribution in [3.63, 3.8) is 0 Å². The molecule has 33 heavy (non-hydrogen) atoms. The molecule has 0 spiro atoms. The van der Waals surface area contributed by atoms with Gasteiger partial charge in [0.1, 0.15) is 0 Å². The lowest BCUT2D eigenvalue weighted by molar-refractivity contribution is -0.137. The van der Waals surface area contributed by atoms with Crippen LogP contribution >= 0.6 is 11.8 Å². The quantitative estimate of drug-likeness (QED) is 0.411. The Labute approximate surface area is 192 Å². The third kappa shape index (κ3) is 5.39. The average molecular weight is 478 g/mol. The fourth-order valence-electron chi connectivity index (χ4n) is 3.59. The lowest BCUT2D eigenvalue weighted by atomic mass is 10.2. The van der Waals surface area contributed by atoms with E-state index in [0.29, 0.717) is 29.2 Å². The van der Waals surface area contributed by atoms with Gasteiger partial charge in [-0.05, 0) is 56.2 Å².